The highest BCUT2D eigenvalue weighted by atomic mass is 16.4. The van der Waals surface area contributed by atoms with Crippen LogP contribution < -0.4 is 16.4 Å². The fourth-order valence-electron chi connectivity index (χ4n) is 2.84. The van der Waals surface area contributed by atoms with Gasteiger partial charge in [-0.2, -0.15) is 0 Å². The maximum atomic E-state index is 12.3. The largest absolute Gasteiger partial charge is 0.481 e. The lowest BCUT2D eigenvalue weighted by atomic mass is 10.0. The van der Waals surface area contributed by atoms with Gasteiger partial charge in [-0.25, -0.2) is 4.79 Å². The molecule has 2 rings (SSSR count). The first-order valence-electron chi connectivity index (χ1n) is 9.05. The first-order chi connectivity index (χ1) is 13.7. The third-order valence-electron chi connectivity index (χ3n) is 4.47. The summed E-state index contributed by atoms with van der Waals surface area (Å²) in [6, 6.07) is 4.26. The Labute approximate surface area is 166 Å². The number of H-pyrrole nitrogens is 1. The summed E-state index contributed by atoms with van der Waals surface area (Å²) < 4.78 is 0. The van der Waals surface area contributed by atoms with Crippen LogP contribution in [0.3, 0.4) is 0 Å². The number of carbonyl (C=O) groups is 4. The number of nitrogens with one attached hydrogen (secondary N) is 3. The number of fused-ring (bicyclic) bond motifs is 1. The molecular weight excluding hydrogens is 380 g/mol. The van der Waals surface area contributed by atoms with Gasteiger partial charge in [-0.15, -0.1) is 0 Å². The summed E-state index contributed by atoms with van der Waals surface area (Å²) in [5.41, 5.74) is 7.74. The molecule has 1 aromatic heterocycles. The van der Waals surface area contributed by atoms with Crippen molar-refractivity contribution in [1.29, 1.82) is 0 Å². The third-order valence-corrected chi connectivity index (χ3v) is 4.47. The Morgan fingerprint density at radius 2 is 1.79 bits per heavy atom. The van der Waals surface area contributed by atoms with Gasteiger partial charge in [0.2, 0.25) is 11.8 Å². The van der Waals surface area contributed by atoms with Crippen molar-refractivity contribution >= 4 is 34.7 Å². The van der Waals surface area contributed by atoms with Gasteiger partial charge in [-0.05, 0) is 31.4 Å². The summed E-state index contributed by atoms with van der Waals surface area (Å²) in [4.78, 5) is 49.4. The van der Waals surface area contributed by atoms with Gasteiger partial charge in [0.05, 0.1) is 6.04 Å². The van der Waals surface area contributed by atoms with E-state index < -0.39 is 48.3 Å². The molecule has 0 saturated heterocycles. The molecule has 7 N–H and O–H groups in total. The Bertz CT molecular complexity index is 909. The fraction of sp³-hybridized carbons (Fsp3) is 0.368. The van der Waals surface area contributed by atoms with Crippen LogP contribution in [0.1, 0.15) is 25.3 Å². The molecule has 2 aromatic rings. The van der Waals surface area contributed by atoms with Crippen molar-refractivity contribution in [2.75, 3.05) is 0 Å². The number of hydrogen-bond acceptors (Lipinski definition) is 5. The molecule has 0 aliphatic rings. The number of nitrogens with two attached hydrogens (primary N) is 1. The van der Waals surface area contributed by atoms with Crippen molar-refractivity contribution in [3.05, 3.63) is 36.0 Å². The van der Waals surface area contributed by atoms with Crippen LogP contribution in [0, 0.1) is 0 Å². The first kappa shape index (κ1) is 21.9. The molecule has 29 heavy (non-hydrogen) atoms. The zero-order chi connectivity index (χ0) is 21.6. The van der Waals surface area contributed by atoms with E-state index in [2.05, 4.69) is 15.6 Å². The van der Waals surface area contributed by atoms with Gasteiger partial charge >= 0.3 is 11.9 Å². The quantitative estimate of drug-likeness (QED) is 0.322. The van der Waals surface area contributed by atoms with Crippen LogP contribution in [-0.2, 0) is 25.6 Å². The average Bonchev–Trinajstić information content (AvgIpc) is 3.07. The molecule has 0 aliphatic heterocycles. The Morgan fingerprint density at radius 1 is 1.10 bits per heavy atom. The van der Waals surface area contributed by atoms with Gasteiger partial charge in [-0.3, -0.25) is 14.4 Å². The molecule has 0 fully saturated rings. The predicted octanol–water partition coefficient (Wildman–Crippen LogP) is -0.0234. The minimum atomic E-state index is -1.36. The molecule has 2 amide bonds. The molecule has 0 aliphatic carbocycles. The van der Waals surface area contributed by atoms with E-state index in [1.54, 1.807) is 6.20 Å². The monoisotopic (exact) mass is 404 g/mol. The lowest BCUT2D eigenvalue weighted by molar-refractivity contribution is -0.143. The van der Waals surface area contributed by atoms with Crippen LogP contribution in [0.25, 0.3) is 10.9 Å². The number of aromatic nitrogens is 1. The van der Waals surface area contributed by atoms with E-state index in [1.807, 2.05) is 24.3 Å². The molecular formula is C19H24N4O6. The average molecular weight is 404 g/mol. The Hall–Kier alpha value is -3.40. The molecule has 10 heteroatoms. The lowest BCUT2D eigenvalue weighted by Crippen LogP contribution is -2.53. The van der Waals surface area contributed by atoms with E-state index in [4.69, 9.17) is 15.9 Å². The normalized spacial score (nSPS) is 14.0. The SMILES string of the molecule is CC(NC(=O)C(N)Cc1c[nH]c2ccccc12)C(=O)NC(CCC(=O)O)C(=O)O. The van der Waals surface area contributed by atoms with E-state index in [0.717, 1.165) is 16.5 Å². The van der Waals surface area contributed by atoms with Crippen molar-refractivity contribution in [2.24, 2.45) is 5.73 Å². The topological polar surface area (TPSA) is 175 Å². The second kappa shape index (κ2) is 9.69. The molecule has 0 radical (unpaired) electrons. The minimum Gasteiger partial charge on any atom is -0.481 e. The Balaban J connectivity index is 1.91. The van der Waals surface area contributed by atoms with E-state index in [1.165, 1.54) is 6.92 Å². The van der Waals surface area contributed by atoms with Crippen LogP contribution in [0.2, 0.25) is 0 Å². The zero-order valence-corrected chi connectivity index (χ0v) is 15.8. The van der Waals surface area contributed by atoms with Crippen LogP contribution in [0.4, 0.5) is 0 Å². The number of aromatic amines is 1. The number of carboxylic acids is 2. The summed E-state index contributed by atoms with van der Waals surface area (Å²) in [6.45, 7) is 1.39. The number of benzene rings is 1. The molecule has 156 valence electrons. The standard InChI is InChI=1S/C19H24N4O6/c1-10(17(26)23-15(19(28)29)6-7-16(24)25)22-18(27)13(20)8-11-9-21-14-5-3-2-4-12(11)14/h2-5,9-10,13,15,21H,6-8,20H2,1H3,(H,22,27)(H,23,26)(H,24,25)(H,28,29). The number of aliphatic carboxylic acids is 2. The number of para-hydroxylation sites is 1. The van der Waals surface area contributed by atoms with Crippen molar-refractivity contribution in [3.8, 4) is 0 Å². The predicted molar refractivity (Wildman–Crippen MR) is 104 cm³/mol. The highest BCUT2D eigenvalue weighted by Crippen LogP contribution is 2.18. The number of carboxylic acid groups (broad SMARTS) is 2. The van der Waals surface area contributed by atoms with E-state index in [9.17, 15) is 19.2 Å². The Morgan fingerprint density at radius 3 is 2.45 bits per heavy atom. The second-order valence-corrected chi connectivity index (χ2v) is 6.73. The molecule has 1 heterocycles. The summed E-state index contributed by atoms with van der Waals surface area (Å²) in [6.07, 6.45) is 1.35. The van der Waals surface area contributed by atoms with Gasteiger partial charge in [0.15, 0.2) is 0 Å². The van der Waals surface area contributed by atoms with Gasteiger partial charge in [0.25, 0.3) is 0 Å². The number of hydrogen-bond donors (Lipinski definition) is 6. The van der Waals surface area contributed by atoms with Crippen molar-refractivity contribution in [2.45, 2.75) is 44.3 Å². The van der Waals surface area contributed by atoms with Gasteiger partial charge in [0, 0.05) is 23.5 Å². The van der Waals surface area contributed by atoms with Gasteiger partial charge in [0.1, 0.15) is 12.1 Å². The number of carbonyl (C=O) groups excluding carboxylic acids is 2. The van der Waals surface area contributed by atoms with Crippen molar-refractivity contribution in [3.63, 3.8) is 0 Å². The van der Waals surface area contributed by atoms with E-state index in [0.29, 0.717) is 0 Å². The molecule has 3 unspecified atom stereocenters. The lowest BCUT2D eigenvalue weighted by Gasteiger charge is -2.20. The van der Waals surface area contributed by atoms with Crippen LogP contribution in [0.15, 0.2) is 30.5 Å². The zero-order valence-electron chi connectivity index (χ0n) is 15.8. The third kappa shape index (κ3) is 6.04. The highest BCUT2D eigenvalue weighted by molar-refractivity contribution is 5.92. The van der Waals surface area contributed by atoms with Crippen LogP contribution >= 0.6 is 0 Å². The summed E-state index contributed by atoms with van der Waals surface area (Å²) in [5, 5.41) is 23.4. The molecule has 0 saturated carbocycles. The number of rotatable bonds is 10. The highest BCUT2D eigenvalue weighted by Gasteiger charge is 2.26. The van der Waals surface area contributed by atoms with Crippen LogP contribution in [-0.4, -0.2) is 57.1 Å². The Kier molecular flexibility index (Phi) is 7.32. The maximum Gasteiger partial charge on any atom is 0.326 e. The van der Waals surface area contributed by atoms with Crippen molar-refractivity contribution < 1.29 is 29.4 Å². The second-order valence-electron chi connectivity index (χ2n) is 6.73. The van der Waals surface area contributed by atoms with E-state index in [-0.39, 0.29) is 12.8 Å². The van der Waals surface area contributed by atoms with Crippen LogP contribution in [0.5, 0.6) is 0 Å². The minimum absolute atomic E-state index is 0.251. The molecule has 10 nitrogen and oxygen atoms in total. The molecule has 0 spiro atoms. The molecule has 0 bridgehead atoms. The summed E-state index contributed by atoms with van der Waals surface area (Å²) >= 11 is 0. The summed E-state index contributed by atoms with van der Waals surface area (Å²) in [7, 11) is 0. The van der Waals surface area contributed by atoms with Crippen molar-refractivity contribution in [1.82, 2.24) is 15.6 Å². The number of amides is 2. The van der Waals surface area contributed by atoms with E-state index >= 15 is 0 Å². The molecule has 3 atom stereocenters. The fourth-order valence-corrected chi connectivity index (χ4v) is 2.84. The molecule has 1 aromatic carbocycles. The maximum absolute atomic E-state index is 12.3. The van der Waals surface area contributed by atoms with Gasteiger partial charge < -0.3 is 31.6 Å². The van der Waals surface area contributed by atoms with Gasteiger partial charge in [-0.1, -0.05) is 18.2 Å². The summed E-state index contributed by atoms with van der Waals surface area (Å²) in [5.74, 6) is -3.82. The first-order valence-corrected chi connectivity index (χ1v) is 9.05. The smallest absolute Gasteiger partial charge is 0.326 e.